The number of nitrogens with zero attached hydrogens (tertiary/aromatic N) is 2. The van der Waals surface area contributed by atoms with Crippen LogP contribution in [-0.4, -0.2) is 27.9 Å². The van der Waals surface area contributed by atoms with E-state index in [2.05, 4.69) is 20.0 Å². The molecule has 0 unspecified atom stereocenters. The van der Waals surface area contributed by atoms with Gasteiger partial charge in [-0.05, 0) is 13.8 Å². The number of rotatable bonds is 5. The number of halogens is 3. The highest BCUT2D eigenvalue weighted by Gasteiger charge is 2.36. The molecule has 1 heterocycles. The summed E-state index contributed by atoms with van der Waals surface area (Å²) in [6, 6.07) is 0.0378. The van der Waals surface area contributed by atoms with Crippen LogP contribution in [0.15, 0.2) is 0 Å². The smallest absolute Gasteiger partial charge is 0.360 e. The molecule has 0 bridgehead atoms. The maximum atomic E-state index is 12.2. The van der Waals surface area contributed by atoms with Crippen molar-refractivity contribution in [2.45, 2.75) is 32.5 Å². The van der Waals surface area contributed by atoms with Gasteiger partial charge in [0.2, 0.25) is 16.9 Å². The van der Waals surface area contributed by atoms with Crippen molar-refractivity contribution in [3.8, 4) is 0 Å². The summed E-state index contributed by atoms with van der Waals surface area (Å²) in [5.41, 5.74) is 0. The number of anilines is 1. The van der Waals surface area contributed by atoms with E-state index in [1.165, 1.54) is 0 Å². The summed E-state index contributed by atoms with van der Waals surface area (Å²) in [4.78, 5) is 14.5. The van der Waals surface area contributed by atoms with E-state index in [0.29, 0.717) is 11.5 Å². The fourth-order valence-electron chi connectivity index (χ4n) is 1.09. The van der Waals surface area contributed by atoms with E-state index in [9.17, 15) is 18.0 Å². The summed E-state index contributed by atoms with van der Waals surface area (Å²) >= 11 is 0.618. The molecule has 1 aromatic rings. The van der Waals surface area contributed by atoms with Gasteiger partial charge in [0.1, 0.15) is 0 Å². The molecule has 102 valence electrons. The molecule has 0 aliphatic rings. The molecule has 0 saturated heterocycles. The lowest BCUT2D eigenvalue weighted by molar-refractivity contribution is -0.144. The largest absolute Gasteiger partial charge is 0.452 e. The number of carbonyl (C=O) groups excluding carboxylic acids is 1. The highest BCUT2D eigenvalue weighted by Crippen LogP contribution is 2.28. The average molecular weight is 282 g/mol. The molecule has 9 heteroatoms. The number of amides is 1. The number of hydrogen-bond donors (Lipinski definition) is 2. The second-order valence-electron chi connectivity index (χ2n) is 3.82. The number of nitrogens with one attached hydrogen (secondary N) is 2. The molecule has 1 aromatic heterocycles. The van der Waals surface area contributed by atoms with Gasteiger partial charge in [-0.2, -0.15) is 22.5 Å². The monoisotopic (exact) mass is 282 g/mol. The van der Waals surface area contributed by atoms with Crippen LogP contribution in [0, 0.1) is 0 Å². The van der Waals surface area contributed by atoms with Crippen molar-refractivity contribution < 1.29 is 18.0 Å². The van der Waals surface area contributed by atoms with E-state index in [1.807, 2.05) is 13.8 Å². The SMILES string of the molecule is CC(C)NC(=O)CCNc1nc(C(F)(F)F)ns1. The first kappa shape index (κ1) is 14.7. The van der Waals surface area contributed by atoms with Crippen LogP contribution in [-0.2, 0) is 11.0 Å². The van der Waals surface area contributed by atoms with Crippen molar-refractivity contribution in [3.63, 3.8) is 0 Å². The van der Waals surface area contributed by atoms with Crippen LogP contribution >= 0.6 is 11.5 Å². The molecule has 0 spiro atoms. The minimum absolute atomic E-state index is 0.0378. The van der Waals surface area contributed by atoms with E-state index in [0.717, 1.165) is 0 Å². The van der Waals surface area contributed by atoms with Gasteiger partial charge in [0.05, 0.1) is 0 Å². The molecule has 18 heavy (non-hydrogen) atoms. The first-order chi connectivity index (χ1) is 8.29. The standard InChI is InChI=1S/C9H13F3N4OS/c1-5(2)14-6(17)3-4-13-8-15-7(16-18-8)9(10,11)12/h5H,3-4H2,1-2H3,(H,14,17)(H,13,15,16). The quantitative estimate of drug-likeness (QED) is 0.865. The molecule has 0 aromatic carbocycles. The molecule has 5 nitrogen and oxygen atoms in total. The molecule has 0 radical (unpaired) electrons. The fourth-order valence-corrected chi connectivity index (χ4v) is 1.70. The molecule has 0 saturated carbocycles. The van der Waals surface area contributed by atoms with Gasteiger partial charge in [-0.1, -0.05) is 0 Å². The summed E-state index contributed by atoms with van der Waals surface area (Å²) in [7, 11) is 0. The van der Waals surface area contributed by atoms with Gasteiger partial charge >= 0.3 is 6.18 Å². The normalized spacial score (nSPS) is 11.7. The lowest BCUT2D eigenvalue weighted by Crippen LogP contribution is -2.31. The van der Waals surface area contributed by atoms with Crippen LogP contribution in [0.2, 0.25) is 0 Å². The number of alkyl halides is 3. The molecule has 0 fully saturated rings. The third kappa shape index (κ3) is 4.86. The van der Waals surface area contributed by atoms with Gasteiger partial charge in [0, 0.05) is 30.5 Å². The van der Waals surface area contributed by atoms with Crippen molar-refractivity contribution >= 4 is 22.6 Å². The molecule has 2 N–H and O–H groups in total. The predicted molar refractivity (Wildman–Crippen MR) is 61.3 cm³/mol. The lowest BCUT2D eigenvalue weighted by atomic mass is 10.3. The van der Waals surface area contributed by atoms with Crippen molar-refractivity contribution in [1.82, 2.24) is 14.7 Å². The van der Waals surface area contributed by atoms with Gasteiger partial charge in [0.25, 0.3) is 0 Å². The highest BCUT2D eigenvalue weighted by atomic mass is 32.1. The maximum absolute atomic E-state index is 12.2. The molecule has 1 amide bonds. The molecule has 1 rings (SSSR count). The summed E-state index contributed by atoms with van der Waals surface area (Å²) < 4.78 is 39.7. The van der Waals surface area contributed by atoms with Crippen LogP contribution in [0.25, 0.3) is 0 Å². The van der Waals surface area contributed by atoms with Gasteiger partial charge in [0.15, 0.2) is 0 Å². The summed E-state index contributed by atoms with van der Waals surface area (Å²) in [6.45, 7) is 3.86. The summed E-state index contributed by atoms with van der Waals surface area (Å²) in [5, 5.41) is 5.35. The Labute approximate surface area is 106 Å². The summed E-state index contributed by atoms with van der Waals surface area (Å²) in [5.74, 6) is -1.33. The zero-order chi connectivity index (χ0) is 13.8. The zero-order valence-electron chi connectivity index (χ0n) is 9.84. The van der Waals surface area contributed by atoms with Crippen LogP contribution in [0.4, 0.5) is 18.3 Å². The Morgan fingerprint density at radius 1 is 1.44 bits per heavy atom. The Morgan fingerprint density at radius 2 is 2.11 bits per heavy atom. The van der Waals surface area contributed by atoms with Crippen LogP contribution < -0.4 is 10.6 Å². The lowest BCUT2D eigenvalue weighted by Gasteiger charge is -2.07. The Morgan fingerprint density at radius 3 is 2.61 bits per heavy atom. The third-order valence-corrected chi connectivity index (χ3v) is 2.43. The van der Waals surface area contributed by atoms with E-state index in [1.54, 1.807) is 0 Å². The number of carbonyl (C=O) groups is 1. The van der Waals surface area contributed by atoms with Crippen LogP contribution in [0.3, 0.4) is 0 Å². The van der Waals surface area contributed by atoms with E-state index in [-0.39, 0.29) is 30.0 Å². The van der Waals surface area contributed by atoms with Crippen molar-refractivity contribution in [1.29, 1.82) is 0 Å². The zero-order valence-corrected chi connectivity index (χ0v) is 10.7. The van der Waals surface area contributed by atoms with E-state index < -0.39 is 12.0 Å². The van der Waals surface area contributed by atoms with Gasteiger partial charge in [-0.25, -0.2) is 0 Å². The predicted octanol–water partition coefficient (Wildman–Crippen LogP) is 1.88. The fraction of sp³-hybridized carbons (Fsp3) is 0.667. The molecular weight excluding hydrogens is 269 g/mol. The Kier molecular flexibility index (Phi) is 4.88. The second kappa shape index (κ2) is 5.98. The summed E-state index contributed by atoms with van der Waals surface area (Å²) in [6.07, 6.45) is -4.37. The average Bonchev–Trinajstić information content (AvgIpc) is 2.64. The maximum Gasteiger partial charge on any atom is 0.452 e. The first-order valence-corrected chi connectivity index (χ1v) is 6.00. The van der Waals surface area contributed by atoms with Gasteiger partial charge < -0.3 is 10.6 Å². The van der Waals surface area contributed by atoms with E-state index >= 15 is 0 Å². The Bertz CT molecular complexity index is 405. The topological polar surface area (TPSA) is 66.9 Å². The highest BCUT2D eigenvalue weighted by molar-refractivity contribution is 7.09. The van der Waals surface area contributed by atoms with Crippen LogP contribution in [0.1, 0.15) is 26.1 Å². The van der Waals surface area contributed by atoms with Crippen molar-refractivity contribution in [2.24, 2.45) is 0 Å². The number of hydrogen-bond acceptors (Lipinski definition) is 5. The van der Waals surface area contributed by atoms with Crippen molar-refractivity contribution in [2.75, 3.05) is 11.9 Å². The van der Waals surface area contributed by atoms with Crippen LogP contribution in [0.5, 0.6) is 0 Å². The molecule has 0 aliphatic heterocycles. The third-order valence-electron chi connectivity index (χ3n) is 1.76. The Balaban J connectivity index is 2.36. The minimum Gasteiger partial charge on any atom is -0.360 e. The van der Waals surface area contributed by atoms with Crippen molar-refractivity contribution in [3.05, 3.63) is 5.82 Å². The first-order valence-electron chi connectivity index (χ1n) is 5.23. The molecule has 0 atom stereocenters. The second-order valence-corrected chi connectivity index (χ2v) is 4.57. The molecular formula is C9H13F3N4OS. The van der Waals surface area contributed by atoms with Gasteiger partial charge in [-0.3, -0.25) is 4.79 Å². The minimum atomic E-state index is -4.54. The van der Waals surface area contributed by atoms with Gasteiger partial charge in [-0.15, -0.1) is 0 Å². The number of aromatic nitrogens is 2. The van der Waals surface area contributed by atoms with E-state index in [4.69, 9.17) is 0 Å². The Hall–Kier alpha value is -1.38. The molecule has 0 aliphatic carbocycles.